The molecule has 1 aliphatic rings. The van der Waals surface area contributed by atoms with E-state index < -0.39 is 0 Å². The molecule has 0 aliphatic heterocycles. The molecule has 1 aromatic heterocycles. The lowest BCUT2D eigenvalue weighted by Gasteiger charge is -2.26. The molecule has 0 saturated heterocycles. The highest BCUT2D eigenvalue weighted by atomic mass is 32.1. The van der Waals surface area contributed by atoms with Gasteiger partial charge in [-0.15, -0.1) is 0 Å². The summed E-state index contributed by atoms with van der Waals surface area (Å²) in [6.45, 7) is 1.97. The molecule has 4 heteroatoms. The first-order valence-electron chi connectivity index (χ1n) is 7.16. The Bertz CT molecular complexity index is 684. The van der Waals surface area contributed by atoms with Gasteiger partial charge < -0.3 is 10.5 Å². The second kappa shape index (κ2) is 5.82. The van der Waals surface area contributed by atoms with Crippen molar-refractivity contribution >= 4 is 17.2 Å². The van der Waals surface area contributed by atoms with Crippen LogP contribution in [0, 0.1) is 6.92 Å². The molecule has 108 valence electrons. The van der Waals surface area contributed by atoms with Gasteiger partial charge in [0.05, 0.1) is 5.56 Å². The summed E-state index contributed by atoms with van der Waals surface area (Å²) in [5.41, 5.74) is 10.2. The quantitative estimate of drug-likeness (QED) is 0.881. The van der Waals surface area contributed by atoms with E-state index in [2.05, 4.69) is 29.2 Å². The Morgan fingerprint density at radius 1 is 1.33 bits per heavy atom. The molecule has 3 nitrogen and oxygen atoms in total. The van der Waals surface area contributed by atoms with Crippen molar-refractivity contribution < 1.29 is 4.74 Å². The van der Waals surface area contributed by atoms with E-state index in [9.17, 15) is 0 Å². The van der Waals surface area contributed by atoms with Crippen LogP contribution in [-0.2, 0) is 6.42 Å². The predicted molar refractivity (Wildman–Crippen MR) is 87.6 cm³/mol. The minimum absolute atomic E-state index is 0.0253. The molecule has 0 amide bonds. The molecule has 1 atom stereocenters. The number of nitrogens with zero attached hydrogens (tertiary/aromatic N) is 1. The molecule has 1 unspecified atom stereocenters. The molecule has 1 heterocycles. The van der Waals surface area contributed by atoms with Gasteiger partial charge in [0, 0.05) is 6.20 Å². The van der Waals surface area contributed by atoms with Crippen molar-refractivity contribution in [3.05, 3.63) is 58.8 Å². The summed E-state index contributed by atoms with van der Waals surface area (Å²) < 4.78 is 6.18. The average Bonchev–Trinajstić information content (AvgIpc) is 2.47. The third kappa shape index (κ3) is 2.76. The molecule has 2 aromatic rings. The summed E-state index contributed by atoms with van der Waals surface area (Å²) in [4.78, 5) is 4.67. The number of hydrogen-bond acceptors (Lipinski definition) is 3. The molecule has 1 aliphatic carbocycles. The third-order valence-electron chi connectivity index (χ3n) is 3.94. The van der Waals surface area contributed by atoms with Gasteiger partial charge >= 0.3 is 0 Å². The van der Waals surface area contributed by atoms with Crippen molar-refractivity contribution in [1.29, 1.82) is 0 Å². The highest BCUT2D eigenvalue weighted by molar-refractivity contribution is 7.80. The van der Waals surface area contributed by atoms with Gasteiger partial charge in [-0.25, -0.2) is 4.98 Å². The zero-order valence-corrected chi connectivity index (χ0v) is 12.8. The van der Waals surface area contributed by atoms with E-state index in [1.807, 2.05) is 13.0 Å². The molecule has 2 N–H and O–H groups in total. The van der Waals surface area contributed by atoms with Crippen LogP contribution in [0.25, 0.3) is 0 Å². The van der Waals surface area contributed by atoms with Crippen molar-refractivity contribution in [1.82, 2.24) is 4.98 Å². The Balaban J connectivity index is 1.96. The summed E-state index contributed by atoms with van der Waals surface area (Å²) >= 11 is 5.14. The van der Waals surface area contributed by atoms with Gasteiger partial charge in [0.2, 0.25) is 5.88 Å². The fourth-order valence-electron chi connectivity index (χ4n) is 2.89. The van der Waals surface area contributed by atoms with Gasteiger partial charge in [-0.2, -0.15) is 0 Å². The van der Waals surface area contributed by atoms with Crippen LogP contribution in [0.15, 0.2) is 36.5 Å². The molecule has 0 radical (unpaired) electrons. The first kappa shape index (κ1) is 14.0. The number of pyridine rings is 1. The number of fused-ring (bicyclic) bond motifs is 1. The summed E-state index contributed by atoms with van der Waals surface area (Å²) in [6.07, 6.45) is 4.98. The highest BCUT2D eigenvalue weighted by Crippen LogP contribution is 2.34. The van der Waals surface area contributed by atoms with Gasteiger partial charge in [-0.1, -0.05) is 36.5 Å². The molecule has 21 heavy (non-hydrogen) atoms. The predicted octanol–water partition coefficient (Wildman–Crippen LogP) is 3.48. The third-order valence-corrected chi connectivity index (χ3v) is 4.14. The van der Waals surface area contributed by atoms with E-state index in [1.54, 1.807) is 6.20 Å². The second-order valence-electron chi connectivity index (χ2n) is 5.37. The van der Waals surface area contributed by atoms with Crippen LogP contribution in [0.1, 0.15) is 41.2 Å². The van der Waals surface area contributed by atoms with Crippen LogP contribution in [0.5, 0.6) is 5.88 Å². The summed E-state index contributed by atoms with van der Waals surface area (Å²) in [7, 11) is 0. The number of nitrogens with two attached hydrogens (primary N) is 1. The van der Waals surface area contributed by atoms with E-state index in [4.69, 9.17) is 22.7 Å². The Morgan fingerprint density at radius 2 is 2.14 bits per heavy atom. The molecule has 1 aromatic carbocycles. The van der Waals surface area contributed by atoms with E-state index in [0.717, 1.165) is 30.4 Å². The van der Waals surface area contributed by atoms with Gasteiger partial charge in [0.25, 0.3) is 0 Å². The molecule has 0 bridgehead atoms. The van der Waals surface area contributed by atoms with Crippen LogP contribution in [0.4, 0.5) is 0 Å². The first-order chi connectivity index (χ1) is 10.2. The number of benzene rings is 1. The molecule has 0 fully saturated rings. The van der Waals surface area contributed by atoms with Crippen molar-refractivity contribution in [3.63, 3.8) is 0 Å². The van der Waals surface area contributed by atoms with Gasteiger partial charge in [-0.3, -0.25) is 0 Å². The smallest absolute Gasteiger partial charge is 0.224 e. The number of ether oxygens (including phenoxy) is 1. The van der Waals surface area contributed by atoms with Crippen LogP contribution in [-0.4, -0.2) is 9.97 Å². The van der Waals surface area contributed by atoms with Crippen LogP contribution in [0.2, 0.25) is 0 Å². The Hall–Kier alpha value is -1.94. The van der Waals surface area contributed by atoms with Crippen LogP contribution < -0.4 is 10.5 Å². The van der Waals surface area contributed by atoms with Gasteiger partial charge in [-0.05, 0) is 48.9 Å². The fourth-order valence-corrected chi connectivity index (χ4v) is 3.14. The Kier molecular flexibility index (Phi) is 3.88. The average molecular weight is 298 g/mol. The number of thiocarbonyl (C=S) groups is 1. The SMILES string of the molecule is Cc1ccnc(OC2CCCc3ccccc32)c1C(N)=S. The van der Waals surface area contributed by atoms with E-state index in [-0.39, 0.29) is 6.10 Å². The minimum Gasteiger partial charge on any atom is -0.469 e. The fraction of sp³-hybridized carbons (Fsp3) is 0.294. The Labute approximate surface area is 130 Å². The molecule has 3 rings (SSSR count). The number of aromatic nitrogens is 1. The Morgan fingerprint density at radius 3 is 2.95 bits per heavy atom. The topological polar surface area (TPSA) is 48.1 Å². The van der Waals surface area contributed by atoms with Crippen molar-refractivity contribution in [3.8, 4) is 5.88 Å². The monoisotopic (exact) mass is 298 g/mol. The second-order valence-corrected chi connectivity index (χ2v) is 5.81. The summed E-state index contributed by atoms with van der Waals surface area (Å²) in [6, 6.07) is 10.3. The molecular weight excluding hydrogens is 280 g/mol. The lowest BCUT2D eigenvalue weighted by Crippen LogP contribution is -2.19. The maximum Gasteiger partial charge on any atom is 0.224 e. The highest BCUT2D eigenvalue weighted by Gasteiger charge is 2.23. The molecular formula is C17H18N2OS. The largest absolute Gasteiger partial charge is 0.469 e. The molecule has 0 saturated carbocycles. The first-order valence-corrected chi connectivity index (χ1v) is 7.57. The van der Waals surface area contributed by atoms with E-state index in [1.165, 1.54) is 11.1 Å². The summed E-state index contributed by atoms with van der Waals surface area (Å²) in [5.74, 6) is 0.546. The number of hydrogen-bond donors (Lipinski definition) is 1. The standard InChI is InChI=1S/C17H18N2OS/c1-11-9-10-19-17(15(11)16(18)21)20-14-8-4-6-12-5-2-3-7-13(12)14/h2-3,5,7,9-10,14H,4,6,8H2,1H3,(H2,18,21). The van der Waals surface area contributed by atoms with E-state index >= 15 is 0 Å². The normalized spacial score (nSPS) is 17.1. The zero-order valence-electron chi connectivity index (χ0n) is 12.0. The van der Waals surface area contributed by atoms with Gasteiger partial charge in [0.1, 0.15) is 11.1 Å². The lowest BCUT2D eigenvalue weighted by molar-refractivity contribution is 0.175. The van der Waals surface area contributed by atoms with Crippen molar-refractivity contribution in [2.75, 3.05) is 0 Å². The maximum absolute atomic E-state index is 6.18. The van der Waals surface area contributed by atoms with Gasteiger partial charge in [0.15, 0.2) is 0 Å². The lowest BCUT2D eigenvalue weighted by atomic mass is 9.89. The number of rotatable bonds is 3. The van der Waals surface area contributed by atoms with E-state index in [0.29, 0.717) is 10.9 Å². The van der Waals surface area contributed by atoms with Crippen LogP contribution >= 0.6 is 12.2 Å². The number of aryl methyl sites for hydroxylation is 2. The van der Waals surface area contributed by atoms with Crippen molar-refractivity contribution in [2.24, 2.45) is 5.73 Å². The zero-order chi connectivity index (χ0) is 14.8. The van der Waals surface area contributed by atoms with Crippen LogP contribution in [0.3, 0.4) is 0 Å². The van der Waals surface area contributed by atoms with Crippen molar-refractivity contribution in [2.45, 2.75) is 32.3 Å². The molecule has 0 spiro atoms. The summed E-state index contributed by atoms with van der Waals surface area (Å²) in [5, 5.41) is 0. The minimum atomic E-state index is 0.0253. The maximum atomic E-state index is 6.18.